The molecule has 2 heterocycles. The monoisotopic (exact) mass is 219 g/mol. The molecule has 2 aliphatic heterocycles. The second kappa shape index (κ2) is 3.47. The van der Waals surface area contributed by atoms with Gasteiger partial charge in [-0.1, -0.05) is 0 Å². The Bertz CT molecular complexity index is 300. The van der Waals surface area contributed by atoms with E-state index in [4.69, 9.17) is 4.55 Å². The lowest BCUT2D eigenvalue weighted by Crippen LogP contribution is -2.41. The topological polar surface area (TPSA) is 57.6 Å². The van der Waals surface area contributed by atoms with Gasteiger partial charge >= 0.3 is 0 Å². The van der Waals surface area contributed by atoms with Gasteiger partial charge in [0.25, 0.3) is 10.1 Å². The van der Waals surface area contributed by atoms with Gasteiger partial charge in [-0.2, -0.15) is 8.42 Å². The van der Waals surface area contributed by atoms with E-state index in [0.29, 0.717) is 12.1 Å². The number of piperidine rings is 1. The summed E-state index contributed by atoms with van der Waals surface area (Å²) in [5.41, 5.74) is 0. The fourth-order valence-electron chi connectivity index (χ4n) is 2.96. The molecule has 82 valence electrons. The van der Waals surface area contributed by atoms with Crippen LogP contribution in [0.15, 0.2) is 0 Å². The van der Waals surface area contributed by atoms with Gasteiger partial charge in [0.1, 0.15) is 0 Å². The van der Waals surface area contributed by atoms with Gasteiger partial charge in [-0.05, 0) is 38.6 Å². The smallest absolute Gasteiger partial charge is 0.265 e. The Balaban J connectivity index is 2.00. The zero-order valence-corrected chi connectivity index (χ0v) is 9.20. The average molecular weight is 219 g/mol. The van der Waals surface area contributed by atoms with Gasteiger partial charge in [0.2, 0.25) is 0 Å². The quantitative estimate of drug-likeness (QED) is 0.696. The molecule has 0 saturated carbocycles. The molecule has 14 heavy (non-hydrogen) atoms. The molecule has 0 aromatic heterocycles. The summed E-state index contributed by atoms with van der Waals surface area (Å²) in [6.45, 7) is 0. The highest BCUT2D eigenvalue weighted by molar-refractivity contribution is 7.85. The van der Waals surface area contributed by atoms with E-state index >= 15 is 0 Å². The first-order valence-corrected chi connectivity index (χ1v) is 6.74. The number of rotatable bonds is 2. The molecule has 2 saturated heterocycles. The SMILES string of the molecule is CN1[C@H]2CC[C@H]1CC(CS(=O)(=O)O)C2. The number of fused-ring (bicyclic) bond motifs is 2. The van der Waals surface area contributed by atoms with Crippen LogP contribution in [0.2, 0.25) is 0 Å². The Labute approximate surface area is 85.0 Å². The number of hydrogen-bond donors (Lipinski definition) is 1. The van der Waals surface area contributed by atoms with Crippen LogP contribution < -0.4 is 0 Å². The van der Waals surface area contributed by atoms with E-state index in [9.17, 15) is 8.42 Å². The first-order valence-electron chi connectivity index (χ1n) is 5.13. The van der Waals surface area contributed by atoms with Gasteiger partial charge in [0, 0.05) is 12.1 Å². The molecule has 2 aliphatic rings. The molecule has 0 aromatic carbocycles. The normalized spacial score (nSPS) is 38.9. The fraction of sp³-hybridized carbons (Fsp3) is 1.00. The molecule has 0 spiro atoms. The van der Waals surface area contributed by atoms with Crippen LogP contribution >= 0.6 is 0 Å². The Morgan fingerprint density at radius 1 is 1.29 bits per heavy atom. The lowest BCUT2D eigenvalue weighted by molar-refractivity contribution is 0.142. The Hall–Kier alpha value is -0.130. The lowest BCUT2D eigenvalue weighted by Gasteiger charge is -2.35. The summed E-state index contributed by atoms with van der Waals surface area (Å²) in [6, 6.07) is 1.08. The Morgan fingerprint density at radius 3 is 2.21 bits per heavy atom. The van der Waals surface area contributed by atoms with Crippen LogP contribution in [0.5, 0.6) is 0 Å². The molecule has 0 radical (unpaired) electrons. The van der Waals surface area contributed by atoms with Gasteiger partial charge in [-0.15, -0.1) is 0 Å². The summed E-state index contributed by atoms with van der Waals surface area (Å²) in [7, 11) is -1.66. The molecule has 2 atom stereocenters. The molecule has 2 fully saturated rings. The highest BCUT2D eigenvalue weighted by Crippen LogP contribution is 2.37. The minimum Gasteiger partial charge on any atom is -0.300 e. The van der Waals surface area contributed by atoms with Crippen LogP contribution in [0.1, 0.15) is 25.7 Å². The maximum atomic E-state index is 10.8. The van der Waals surface area contributed by atoms with Gasteiger partial charge in [0.15, 0.2) is 0 Å². The molecular formula is C9H17NO3S. The molecular weight excluding hydrogens is 202 g/mol. The maximum absolute atomic E-state index is 10.8. The summed E-state index contributed by atoms with van der Waals surface area (Å²) in [6.07, 6.45) is 4.21. The van der Waals surface area contributed by atoms with Gasteiger partial charge < -0.3 is 4.90 Å². The zero-order chi connectivity index (χ0) is 10.3. The van der Waals surface area contributed by atoms with Crippen molar-refractivity contribution in [2.75, 3.05) is 12.8 Å². The summed E-state index contributed by atoms with van der Waals surface area (Å²) < 4.78 is 30.3. The van der Waals surface area contributed by atoms with Crippen molar-refractivity contribution < 1.29 is 13.0 Å². The first kappa shape index (κ1) is 10.4. The third-order valence-electron chi connectivity index (χ3n) is 3.64. The van der Waals surface area contributed by atoms with Crippen molar-refractivity contribution in [3.05, 3.63) is 0 Å². The second-order valence-electron chi connectivity index (χ2n) is 4.64. The van der Waals surface area contributed by atoms with E-state index in [2.05, 4.69) is 11.9 Å². The Morgan fingerprint density at radius 2 is 1.79 bits per heavy atom. The third kappa shape index (κ3) is 2.10. The second-order valence-corrected chi connectivity index (χ2v) is 6.13. The van der Waals surface area contributed by atoms with Gasteiger partial charge in [0.05, 0.1) is 5.75 Å². The highest BCUT2D eigenvalue weighted by atomic mass is 32.2. The van der Waals surface area contributed by atoms with Crippen molar-refractivity contribution in [2.24, 2.45) is 5.92 Å². The molecule has 0 aliphatic carbocycles. The van der Waals surface area contributed by atoms with Crippen molar-refractivity contribution in [3.63, 3.8) is 0 Å². The summed E-state index contributed by atoms with van der Waals surface area (Å²) >= 11 is 0. The van der Waals surface area contributed by atoms with Crippen molar-refractivity contribution in [1.29, 1.82) is 0 Å². The number of hydrogen-bond acceptors (Lipinski definition) is 3. The van der Waals surface area contributed by atoms with Crippen molar-refractivity contribution in [2.45, 2.75) is 37.8 Å². The van der Waals surface area contributed by atoms with Crippen LogP contribution in [0, 0.1) is 5.92 Å². The van der Waals surface area contributed by atoms with Crippen LogP contribution in [-0.4, -0.2) is 42.8 Å². The van der Waals surface area contributed by atoms with Crippen LogP contribution in [0.25, 0.3) is 0 Å². The predicted molar refractivity (Wildman–Crippen MR) is 53.7 cm³/mol. The molecule has 0 amide bonds. The minimum absolute atomic E-state index is 0.0478. The lowest BCUT2D eigenvalue weighted by atomic mass is 9.93. The molecule has 2 bridgehead atoms. The van der Waals surface area contributed by atoms with E-state index in [-0.39, 0.29) is 11.7 Å². The van der Waals surface area contributed by atoms with Crippen molar-refractivity contribution in [1.82, 2.24) is 4.90 Å². The fourth-order valence-corrected chi connectivity index (χ4v) is 3.83. The molecule has 5 heteroatoms. The average Bonchev–Trinajstić information content (AvgIpc) is 2.32. The molecule has 2 rings (SSSR count). The maximum Gasteiger partial charge on any atom is 0.265 e. The van der Waals surface area contributed by atoms with E-state index < -0.39 is 10.1 Å². The minimum atomic E-state index is -3.78. The molecule has 0 unspecified atom stereocenters. The van der Waals surface area contributed by atoms with Crippen LogP contribution in [0.4, 0.5) is 0 Å². The van der Waals surface area contributed by atoms with E-state index in [1.165, 1.54) is 12.8 Å². The molecule has 0 aromatic rings. The Kier molecular flexibility index (Phi) is 2.57. The van der Waals surface area contributed by atoms with Crippen LogP contribution in [-0.2, 0) is 10.1 Å². The number of nitrogens with zero attached hydrogens (tertiary/aromatic N) is 1. The largest absolute Gasteiger partial charge is 0.300 e. The van der Waals surface area contributed by atoms with Crippen molar-refractivity contribution >= 4 is 10.1 Å². The van der Waals surface area contributed by atoms with E-state index in [1.54, 1.807) is 0 Å². The summed E-state index contributed by atoms with van der Waals surface area (Å²) in [5, 5.41) is 0. The molecule has 1 N–H and O–H groups in total. The predicted octanol–water partition coefficient (Wildman–Crippen LogP) is 0.747. The first-order chi connectivity index (χ1) is 6.46. The standard InChI is InChI=1S/C9H17NO3S/c1-10-8-2-3-9(10)5-7(4-8)6-14(11,12)13/h7-9H,2-6H2,1H3,(H,11,12,13)/t8-,9-/m0/s1. The summed E-state index contributed by atoms with van der Waals surface area (Å²) in [4.78, 5) is 2.36. The highest BCUT2D eigenvalue weighted by Gasteiger charge is 2.39. The summed E-state index contributed by atoms with van der Waals surface area (Å²) in [5.74, 6) is 0.118. The zero-order valence-electron chi connectivity index (χ0n) is 8.39. The van der Waals surface area contributed by atoms with Gasteiger partial charge in [-0.3, -0.25) is 4.55 Å². The van der Waals surface area contributed by atoms with Gasteiger partial charge in [-0.25, -0.2) is 0 Å². The van der Waals surface area contributed by atoms with Crippen molar-refractivity contribution in [3.8, 4) is 0 Å². The van der Waals surface area contributed by atoms with E-state index in [0.717, 1.165) is 12.8 Å². The van der Waals surface area contributed by atoms with Crippen LogP contribution in [0.3, 0.4) is 0 Å². The third-order valence-corrected chi connectivity index (χ3v) is 4.53. The van der Waals surface area contributed by atoms with E-state index in [1.807, 2.05) is 0 Å². The molecule has 4 nitrogen and oxygen atoms in total.